The van der Waals surface area contributed by atoms with Gasteiger partial charge in [0.05, 0.1) is 33.8 Å². The molecule has 0 aromatic carbocycles. The van der Waals surface area contributed by atoms with Crippen LogP contribution in [0.25, 0.3) is 0 Å². The molecule has 0 radical (unpaired) electrons. The maximum atomic E-state index is 13.5. The Morgan fingerprint density at radius 2 is 0.889 bits per heavy atom. The number of allylic oxidation sites excluding steroid dienone is 7. The van der Waals surface area contributed by atoms with Crippen LogP contribution < -0.4 is 10.2 Å². The van der Waals surface area contributed by atoms with Crippen LogP contribution in [0.5, 0.6) is 0 Å². The van der Waals surface area contributed by atoms with Gasteiger partial charge in [-0.2, -0.15) is 0 Å². The smallest absolute Gasteiger partial charge is 0.306 e. The topological polar surface area (TPSA) is 114 Å². The highest BCUT2D eigenvalue weighted by atomic mass is 31.2. The molecule has 0 heterocycles. The van der Waals surface area contributed by atoms with Crippen LogP contribution >= 0.6 is 7.82 Å². The van der Waals surface area contributed by atoms with Crippen LogP contribution in [0.3, 0.4) is 0 Å². The zero-order chi connectivity index (χ0) is 52.9. The van der Waals surface area contributed by atoms with Crippen LogP contribution in [0.1, 0.15) is 284 Å². The first kappa shape index (κ1) is 70.0. The lowest BCUT2D eigenvalue weighted by Crippen LogP contribution is -2.47. The van der Waals surface area contributed by atoms with Crippen molar-refractivity contribution in [2.24, 2.45) is 0 Å². The van der Waals surface area contributed by atoms with Crippen LogP contribution in [0.2, 0.25) is 0 Å². The molecule has 1 N–H and O–H groups in total. The lowest BCUT2D eigenvalue weighted by molar-refractivity contribution is -0.870. The van der Waals surface area contributed by atoms with Gasteiger partial charge < -0.3 is 28.5 Å². The van der Waals surface area contributed by atoms with Gasteiger partial charge in [0.2, 0.25) is 5.91 Å². The number of rotatable bonds is 55. The number of nitrogens with zero attached hydrogens (tertiary/aromatic N) is 1. The number of phosphoric ester groups is 1. The number of amides is 1. The molecule has 0 saturated carbocycles. The number of ether oxygens (including phenoxy) is 1. The molecule has 72 heavy (non-hydrogen) atoms. The second kappa shape index (κ2) is 52.4. The van der Waals surface area contributed by atoms with E-state index in [1.807, 2.05) is 33.3 Å². The summed E-state index contributed by atoms with van der Waals surface area (Å²) in [6.45, 7) is 6.75. The number of hydrogen-bond acceptors (Lipinski definition) is 7. The lowest BCUT2D eigenvalue weighted by atomic mass is 10.0. The number of hydrogen-bond donors (Lipinski definition) is 1. The first-order valence-electron chi connectivity index (χ1n) is 30.4. The summed E-state index contributed by atoms with van der Waals surface area (Å²) in [6.07, 6.45) is 63.6. The van der Waals surface area contributed by atoms with E-state index in [1.165, 1.54) is 167 Å². The number of carbonyl (C=O) groups excluding carboxylic acids is 2. The monoisotopic (exact) mass is 1030 g/mol. The van der Waals surface area contributed by atoms with Crippen molar-refractivity contribution in [3.63, 3.8) is 0 Å². The van der Waals surface area contributed by atoms with E-state index in [0.717, 1.165) is 83.5 Å². The van der Waals surface area contributed by atoms with Gasteiger partial charge >= 0.3 is 5.97 Å². The fraction of sp³-hybridized carbons (Fsp3) is 0.839. The summed E-state index contributed by atoms with van der Waals surface area (Å²) in [6, 6.07) is -0.892. The van der Waals surface area contributed by atoms with Gasteiger partial charge in [-0.25, -0.2) is 0 Å². The van der Waals surface area contributed by atoms with E-state index in [9.17, 15) is 19.0 Å². The number of carbonyl (C=O) groups is 2. The standard InChI is InChI=1S/C62H117N2O7P/c1-7-10-13-16-19-22-25-28-30-31-32-33-34-37-40-43-46-49-52-55-62(66)71-60(53-50-47-44-41-38-35-27-24-21-18-15-12-9-3)59(58-70-72(67,68)69-57-56-64(4,5)6)63-61(65)54-51-48-45-42-39-36-29-26-23-20-17-14-11-8-2/h11,14,20,23,28,30,50,53,59-60H,7-10,12-13,15-19,21-22,24-27,29,31-49,51-52,54-58H2,1-6H3,(H-,63,65,67,68)/b14-11+,23-20+,30-28+,53-50+. The van der Waals surface area contributed by atoms with Crippen molar-refractivity contribution in [3.05, 3.63) is 48.6 Å². The number of quaternary nitrogens is 1. The minimum atomic E-state index is -4.70. The molecule has 9 nitrogen and oxygen atoms in total. The van der Waals surface area contributed by atoms with E-state index >= 15 is 0 Å². The van der Waals surface area contributed by atoms with Crippen LogP contribution in [-0.2, 0) is 27.9 Å². The summed E-state index contributed by atoms with van der Waals surface area (Å²) < 4.78 is 30.3. The molecule has 0 saturated heterocycles. The van der Waals surface area contributed by atoms with E-state index in [-0.39, 0.29) is 24.9 Å². The number of likely N-dealkylation sites (N-methyl/N-ethyl adjacent to an activating group) is 1. The highest BCUT2D eigenvalue weighted by molar-refractivity contribution is 7.45. The lowest BCUT2D eigenvalue weighted by Gasteiger charge is -2.30. The molecule has 0 aromatic rings. The quantitative estimate of drug-likeness (QED) is 0.0212. The van der Waals surface area contributed by atoms with Crippen LogP contribution in [0.15, 0.2) is 48.6 Å². The van der Waals surface area contributed by atoms with Crippen molar-refractivity contribution >= 4 is 19.7 Å². The molecule has 0 aromatic heterocycles. The van der Waals surface area contributed by atoms with Crippen molar-refractivity contribution in [2.45, 2.75) is 296 Å². The Hall–Kier alpha value is -2.03. The van der Waals surface area contributed by atoms with Crippen molar-refractivity contribution in [2.75, 3.05) is 40.9 Å². The van der Waals surface area contributed by atoms with E-state index in [4.69, 9.17) is 13.8 Å². The van der Waals surface area contributed by atoms with Crippen LogP contribution in [0.4, 0.5) is 0 Å². The molecule has 0 rings (SSSR count). The zero-order valence-electron chi connectivity index (χ0n) is 48.1. The van der Waals surface area contributed by atoms with Crippen molar-refractivity contribution in [1.29, 1.82) is 0 Å². The van der Waals surface area contributed by atoms with Gasteiger partial charge in [0.1, 0.15) is 19.3 Å². The Bertz CT molecular complexity index is 1380. The molecule has 0 aliphatic carbocycles. The third-order valence-electron chi connectivity index (χ3n) is 13.5. The van der Waals surface area contributed by atoms with Crippen molar-refractivity contribution in [3.8, 4) is 0 Å². The Balaban J connectivity index is 5.28. The molecule has 3 unspecified atom stereocenters. The normalized spacial score (nSPS) is 14.0. The molecular weight excluding hydrogens is 916 g/mol. The maximum Gasteiger partial charge on any atom is 0.306 e. The Labute approximate surface area is 446 Å². The second-order valence-corrected chi connectivity index (χ2v) is 23.2. The van der Waals surface area contributed by atoms with Gasteiger partial charge in [-0.1, -0.05) is 237 Å². The summed E-state index contributed by atoms with van der Waals surface area (Å²) in [5.41, 5.74) is 0. The Morgan fingerprint density at radius 1 is 0.500 bits per heavy atom. The summed E-state index contributed by atoms with van der Waals surface area (Å²) in [5, 5.41) is 3.02. The van der Waals surface area contributed by atoms with Crippen molar-refractivity contribution < 1.29 is 37.3 Å². The predicted octanol–water partition coefficient (Wildman–Crippen LogP) is 17.9. The third-order valence-corrected chi connectivity index (χ3v) is 14.5. The highest BCUT2D eigenvalue weighted by Gasteiger charge is 2.27. The Morgan fingerprint density at radius 3 is 1.33 bits per heavy atom. The molecule has 0 aliphatic heterocycles. The first-order valence-corrected chi connectivity index (χ1v) is 31.9. The Kier molecular flexibility index (Phi) is 50.9. The van der Waals surface area contributed by atoms with E-state index in [2.05, 4.69) is 62.5 Å². The SMILES string of the molecule is CC/C=C/C/C=C/CCCCCCCCCC(=O)NC(COP(=O)([O-])OCC[N+](C)(C)C)C(/C=C/CCCCCCCCCCCCC)OC(=O)CCCCCCCCCCC/C=C/CCCCCCCC. The number of phosphoric acid groups is 1. The van der Waals surface area contributed by atoms with Crippen LogP contribution in [-0.4, -0.2) is 69.4 Å². The van der Waals surface area contributed by atoms with Gasteiger partial charge in [0, 0.05) is 12.8 Å². The molecule has 0 spiro atoms. The van der Waals surface area contributed by atoms with Crippen molar-refractivity contribution in [1.82, 2.24) is 5.32 Å². The molecule has 422 valence electrons. The molecule has 10 heteroatoms. The molecular formula is C62H117N2O7P. The molecule has 1 amide bonds. The third kappa shape index (κ3) is 52.8. The molecule has 0 fully saturated rings. The summed E-state index contributed by atoms with van der Waals surface area (Å²) in [5.74, 6) is -0.546. The number of unbranched alkanes of at least 4 members (excludes halogenated alkanes) is 33. The summed E-state index contributed by atoms with van der Waals surface area (Å²) in [4.78, 5) is 39.9. The van der Waals surface area contributed by atoms with E-state index in [0.29, 0.717) is 17.4 Å². The van der Waals surface area contributed by atoms with E-state index < -0.39 is 26.6 Å². The minimum absolute atomic E-state index is 0.0240. The first-order chi connectivity index (χ1) is 34.9. The van der Waals surface area contributed by atoms with Gasteiger partial charge in [0.25, 0.3) is 7.82 Å². The zero-order valence-corrected chi connectivity index (χ0v) is 49.0. The van der Waals surface area contributed by atoms with Crippen LogP contribution in [0, 0.1) is 0 Å². The molecule has 3 atom stereocenters. The fourth-order valence-electron chi connectivity index (χ4n) is 8.79. The van der Waals surface area contributed by atoms with E-state index in [1.54, 1.807) is 0 Å². The van der Waals surface area contributed by atoms with Gasteiger partial charge in [0.15, 0.2) is 0 Å². The van der Waals surface area contributed by atoms with Gasteiger partial charge in [-0.05, 0) is 83.1 Å². The highest BCUT2D eigenvalue weighted by Crippen LogP contribution is 2.38. The fourth-order valence-corrected chi connectivity index (χ4v) is 9.51. The molecule has 0 bridgehead atoms. The average Bonchev–Trinajstić information content (AvgIpc) is 3.34. The number of esters is 1. The largest absolute Gasteiger partial charge is 0.756 e. The predicted molar refractivity (Wildman–Crippen MR) is 307 cm³/mol. The minimum Gasteiger partial charge on any atom is -0.756 e. The second-order valence-electron chi connectivity index (χ2n) is 21.8. The summed E-state index contributed by atoms with van der Waals surface area (Å²) >= 11 is 0. The molecule has 0 aliphatic rings. The van der Waals surface area contributed by atoms with Gasteiger partial charge in [-0.3, -0.25) is 14.2 Å². The summed E-state index contributed by atoms with van der Waals surface area (Å²) in [7, 11) is 1.18. The maximum absolute atomic E-state index is 13.5. The average molecular weight is 1030 g/mol. The number of nitrogens with one attached hydrogen (secondary N) is 1. The van der Waals surface area contributed by atoms with Gasteiger partial charge in [-0.15, -0.1) is 0 Å².